The van der Waals surface area contributed by atoms with E-state index < -0.39 is 0 Å². The number of ether oxygens (including phenoxy) is 1. The fourth-order valence-corrected chi connectivity index (χ4v) is 2.69. The molecule has 0 unspecified atom stereocenters. The van der Waals surface area contributed by atoms with Crippen LogP contribution in [0.4, 0.5) is 5.69 Å². The van der Waals surface area contributed by atoms with Gasteiger partial charge in [0.05, 0.1) is 19.1 Å². The van der Waals surface area contributed by atoms with Gasteiger partial charge in [0, 0.05) is 25.4 Å². The SMILES string of the molecule is COCCC(=O)N1[C@H](C)CNc2ccccc2[C@@H]1C. The minimum absolute atomic E-state index is 0.0885. The van der Waals surface area contributed by atoms with Gasteiger partial charge in [-0.2, -0.15) is 0 Å². The summed E-state index contributed by atoms with van der Waals surface area (Å²) in [4.78, 5) is 14.3. The Morgan fingerprint density at radius 1 is 1.42 bits per heavy atom. The largest absolute Gasteiger partial charge is 0.384 e. The smallest absolute Gasteiger partial charge is 0.225 e. The van der Waals surface area contributed by atoms with Crippen LogP contribution in [0.15, 0.2) is 24.3 Å². The van der Waals surface area contributed by atoms with Crippen molar-refractivity contribution in [2.75, 3.05) is 25.6 Å². The molecule has 0 fully saturated rings. The van der Waals surface area contributed by atoms with Gasteiger partial charge in [0.2, 0.25) is 5.91 Å². The van der Waals surface area contributed by atoms with Crippen LogP contribution >= 0.6 is 0 Å². The molecule has 1 heterocycles. The maximum Gasteiger partial charge on any atom is 0.225 e. The molecule has 4 heteroatoms. The highest BCUT2D eigenvalue weighted by Gasteiger charge is 2.29. The van der Waals surface area contributed by atoms with Crippen molar-refractivity contribution in [3.63, 3.8) is 0 Å². The van der Waals surface area contributed by atoms with Crippen LogP contribution in [0.5, 0.6) is 0 Å². The molecule has 2 atom stereocenters. The van der Waals surface area contributed by atoms with E-state index in [2.05, 4.69) is 31.3 Å². The van der Waals surface area contributed by atoms with Crippen LogP contribution in [-0.2, 0) is 9.53 Å². The normalized spacial score (nSPS) is 22.4. The molecule has 0 spiro atoms. The Kier molecular flexibility index (Phi) is 4.43. The van der Waals surface area contributed by atoms with Crippen molar-refractivity contribution in [3.05, 3.63) is 29.8 Å². The molecule has 0 saturated carbocycles. The fraction of sp³-hybridized carbons (Fsp3) is 0.533. The van der Waals surface area contributed by atoms with Crippen molar-refractivity contribution in [2.45, 2.75) is 32.4 Å². The van der Waals surface area contributed by atoms with E-state index in [0.717, 1.165) is 12.2 Å². The number of nitrogens with zero attached hydrogens (tertiary/aromatic N) is 1. The molecule has 1 amide bonds. The molecule has 104 valence electrons. The number of benzene rings is 1. The molecule has 0 bridgehead atoms. The standard InChI is InChI=1S/C15H22N2O2/c1-11-10-16-14-7-5-4-6-13(14)12(2)17(11)15(18)8-9-19-3/h4-7,11-12,16H,8-10H2,1-3H3/t11-,12+/m1/s1. The zero-order chi connectivity index (χ0) is 13.8. The van der Waals surface area contributed by atoms with Crippen LogP contribution in [-0.4, -0.2) is 37.1 Å². The van der Waals surface area contributed by atoms with Gasteiger partial charge in [-0.25, -0.2) is 0 Å². The van der Waals surface area contributed by atoms with Crippen molar-refractivity contribution >= 4 is 11.6 Å². The number of carbonyl (C=O) groups is 1. The summed E-state index contributed by atoms with van der Waals surface area (Å²) in [5, 5.41) is 3.42. The lowest BCUT2D eigenvalue weighted by molar-refractivity contribution is -0.136. The lowest BCUT2D eigenvalue weighted by Crippen LogP contribution is -2.42. The minimum Gasteiger partial charge on any atom is -0.384 e. The Morgan fingerprint density at radius 3 is 2.89 bits per heavy atom. The number of amides is 1. The van der Waals surface area contributed by atoms with Crippen molar-refractivity contribution in [1.82, 2.24) is 4.90 Å². The first-order valence-electron chi connectivity index (χ1n) is 6.78. The average Bonchev–Trinajstić information content (AvgIpc) is 2.54. The predicted molar refractivity (Wildman–Crippen MR) is 76.1 cm³/mol. The summed E-state index contributed by atoms with van der Waals surface area (Å²) in [6.07, 6.45) is 0.438. The zero-order valence-electron chi connectivity index (χ0n) is 11.8. The number of rotatable bonds is 3. The Hall–Kier alpha value is -1.55. The molecule has 19 heavy (non-hydrogen) atoms. The van der Waals surface area contributed by atoms with Crippen molar-refractivity contribution in [2.24, 2.45) is 0 Å². The predicted octanol–water partition coefficient (Wildman–Crippen LogP) is 2.43. The Labute approximate surface area is 114 Å². The molecule has 1 aliphatic rings. The van der Waals surface area contributed by atoms with Crippen molar-refractivity contribution < 1.29 is 9.53 Å². The molecule has 0 radical (unpaired) electrons. The van der Waals surface area contributed by atoms with Gasteiger partial charge in [-0.05, 0) is 25.5 Å². The summed E-state index contributed by atoms with van der Waals surface area (Å²) in [6.45, 7) is 5.43. The molecule has 2 rings (SSSR count). The second-order valence-electron chi connectivity index (χ2n) is 5.04. The highest BCUT2D eigenvalue weighted by molar-refractivity contribution is 5.78. The molecule has 0 aliphatic carbocycles. The van der Waals surface area contributed by atoms with E-state index in [9.17, 15) is 4.79 Å². The molecule has 1 aromatic rings. The molecule has 1 aromatic carbocycles. The van der Waals surface area contributed by atoms with Crippen LogP contribution in [0.3, 0.4) is 0 Å². The van der Waals surface area contributed by atoms with E-state index in [4.69, 9.17) is 4.74 Å². The summed E-state index contributed by atoms with van der Waals surface area (Å²) >= 11 is 0. The number of hydrogen-bond acceptors (Lipinski definition) is 3. The Bertz CT molecular complexity index is 448. The number of anilines is 1. The summed E-state index contributed by atoms with van der Waals surface area (Å²) in [5.74, 6) is 0.153. The van der Waals surface area contributed by atoms with E-state index >= 15 is 0 Å². The van der Waals surface area contributed by atoms with Crippen LogP contribution in [0, 0.1) is 0 Å². The van der Waals surface area contributed by atoms with Gasteiger partial charge in [-0.3, -0.25) is 4.79 Å². The highest BCUT2D eigenvalue weighted by Crippen LogP contribution is 2.32. The van der Waals surface area contributed by atoms with Gasteiger partial charge in [0.1, 0.15) is 0 Å². The lowest BCUT2D eigenvalue weighted by Gasteiger charge is -2.32. The quantitative estimate of drug-likeness (QED) is 0.909. The fourth-order valence-electron chi connectivity index (χ4n) is 2.69. The van der Waals surface area contributed by atoms with Gasteiger partial charge < -0.3 is 15.0 Å². The number of hydrogen-bond donors (Lipinski definition) is 1. The first-order valence-corrected chi connectivity index (χ1v) is 6.78. The van der Waals surface area contributed by atoms with E-state index in [1.54, 1.807) is 7.11 Å². The molecule has 1 N–H and O–H groups in total. The van der Waals surface area contributed by atoms with E-state index in [0.29, 0.717) is 13.0 Å². The highest BCUT2D eigenvalue weighted by atomic mass is 16.5. The third-order valence-corrected chi connectivity index (χ3v) is 3.70. The Balaban J connectivity index is 2.25. The van der Waals surface area contributed by atoms with Crippen molar-refractivity contribution in [1.29, 1.82) is 0 Å². The second kappa shape index (κ2) is 6.06. The third-order valence-electron chi connectivity index (χ3n) is 3.70. The summed E-state index contributed by atoms with van der Waals surface area (Å²) in [6, 6.07) is 8.46. The first kappa shape index (κ1) is 13.9. The number of para-hydroxylation sites is 1. The summed E-state index contributed by atoms with van der Waals surface area (Å²) in [5.41, 5.74) is 2.31. The van der Waals surface area contributed by atoms with E-state index in [1.165, 1.54) is 5.56 Å². The average molecular weight is 262 g/mol. The molecule has 1 aliphatic heterocycles. The van der Waals surface area contributed by atoms with Crippen LogP contribution in [0.2, 0.25) is 0 Å². The maximum absolute atomic E-state index is 12.4. The van der Waals surface area contributed by atoms with Gasteiger partial charge >= 0.3 is 0 Å². The van der Waals surface area contributed by atoms with Gasteiger partial charge in [-0.15, -0.1) is 0 Å². The maximum atomic E-state index is 12.4. The van der Waals surface area contributed by atoms with Crippen LogP contribution in [0.1, 0.15) is 31.9 Å². The van der Waals surface area contributed by atoms with Crippen molar-refractivity contribution in [3.8, 4) is 0 Å². The Morgan fingerprint density at radius 2 is 2.16 bits per heavy atom. The molecule has 0 aromatic heterocycles. The third kappa shape index (κ3) is 2.89. The van der Waals surface area contributed by atoms with Gasteiger partial charge in [0.25, 0.3) is 0 Å². The van der Waals surface area contributed by atoms with E-state index in [-0.39, 0.29) is 18.0 Å². The number of fused-ring (bicyclic) bond motifs is 1. The summed E-state index contributed by atoms with van der Waals surface area (Å²) in [7, 11) is 1.62. The molecular formula is C15H22N2O2. The number of nitrogens with one attached hydrogen (secondary N) is 1. The van der Waals surface area contributed by atoms with E-state index in [1.807, 2.05) is 17.0 Å². The lowest BCUT2D eigenvalue weighted by atomic mass is 10.0. The number of carbonyl (C=O) groups excluding carboxylic acids is 1. The van der Waals surface area contributed by atoms with Gasteiger partial charge in [-0.1, -0.05) is 18.2 Å². The number of methoxy groups -OCH3 is 1. The monoisotopic (exact) mass is 262 g/mol. The van der Waals surface area contributed by atoms with Gasteiger partial charge in [0.15, 0.2) is 0 Å². The first-order chi connectivity index (χ1) is 9.15. The molecule has 0 saturated heterocycles. The molecule has 4 nitrogen and oxygen atoms in total. The minimum atomic E-state index is 0.0885. The zero-order valence-corrected chi connectivity index (χ0v) is 11.8. The second-order valence-corrected chi connectivity index (χ2v) is 5.04. The topological polar surface area (TPSA) is 41.6 Å². The van der Waals surface area contributed by atoms with Crippen LogP contribution in [0.25, 0.3) is 0 Å². The molecular weight excluding hydrogens is 240 g/mol. The van der Waals surface area contributed by atoms with Crippen LogP contribution < -0.4 is 5.32 Å². The summed E-state index contributed by atoms with van der Waals surface area (Å²) < 4.78 is 5.01.